The summed E-state index contributed by atoms with van der Waals surface area (Å²) in [6.45, 7) is 2.72. The molecule has 4 aromatic rings. The van der Waals surface area contributed by atoms with E-state index in [-0.39, 0.29) is 6.54 Å². The van der Waals surface area contributed by atoms with Crippen molar-refractivity contribution in [2.24, 2.45) is 0 Å². The molecule has 0 spiro atoms. The topological polar surface area (TPSA) is 76.9 Å². The Morgan fingerprint density at radius 1 is 1.11 bits per heavy atom. The molecule has 0 amide bonds. The van der Waals surface area contributed by atoms with E-state index in [9.17, 15) is 8.42 Å². The van der Waals surface area contributed by atoms with Crippen LogP contribution in [0.3, 0.4) is 0 Å². The van der Waals surface area contributed by atoms with Crippen molar-refractivity contribution in [3.8, 4) is 11.4 Å². The number of aryl methyl sites for hydroxylation is 1. The minimum absolute atomic E-state index is 0.251. The Hall–Kier alpha value is -2.55. The number of thiophene rings is 1. The molecule has 0 fully saturated rings. The molecule has 27 heavy (non-hydrogen) atoms. The number of sulfonamides is 1. The molecule has 1 N–H and O–H groups in total. The van der Waals surface area contributed by atoms with Crippen LogP contribution >= 0.6 is 11.3 Å². The quantitative estimate of drug-likeness (QED) is 0.540. The van der Waals surface area contributed by atoms with Crippen molar-refractivity contribution >= 4 is 32.5 Å². The summed E-state index contributed by atoms with van der Waals surface area (Å²) in [6.07, 6.45) is 1.72. The number of pyridine rings is 1. The van der Waals surface area contributed by atoms with Gasteiger partial charge in [-0.15, -0.1) is 11.3 Å². The summed E-state index contributed by atoms with van der Waals surface area (Å²) in [6, 6.07) is 15.2. The van der Waals surface area contributed by atoms with Gasteiger partial charge in [0.25, 0.3) is 0 Å². The van der Waals surface area contributed by atoms with Crippen LogP contribution in [0.25, 0.3) is 22.6 Å². The number of nitrogens with one attached hydrogen (secondary N) is 1. The Kier molecular flexibility index (Phi) is 4.77. The van der Waals surface area contributed by atoms with Gasteiger partial charge in [-0.3, -0.25) is 0 Å². The summed E-state index contributed by atoms with van der Waals surface area (Å²) in [7, 11) is -3.49. The fourth-order valence-corrected chi connectivity index (χ4v) is 4.93. The molecule has 0 aliphatic rings. The molecule has 0 saturated carbocycles. The molecule has 0 aliphatic heterocycles. The zero-order valence-corrected chi connectivity index (χ0v) is 16.3. The van der Waals surface area contributed by atoms with E-state index in [4.69, 9.17) is 4.98 Å². The van der Waals surface area contributed by atoms with Crippen LogP contribution in [0.15, 0.2) is 64.3 Å². The Bertz CT molecular complexity index is 1160. The van der Waals surface area contributed by atoms with Crippen LogP contribution in [0.4, 0.5) is 0 Å². The number of fused-ring (bicyclic) bond motifs is 1. The van der Waals surface area contributed by atoms with Gasteiger partial charge in [-0.2, -0.15) is 0 Å². The highest BCUT2D eigenvalue weighted by Crippen LogP contribution is 2.24. The lowest BCUT2D eigenvalue weighted by molar-refractivity contribution is 0.576. The number of hydrogen-bond donors (Lipinski definition) is 1. The van der Waals surface area contributed by atoms with Crippen molar-refractivity contribution in [1.29, 1.82) is 0 Å². The molecular formula is C19H18N4O2S2. The smallest absolute Gasteiger partial charge is 0.250 e. The van der Waals surface area contributed by atoms with Crippen molar-refractivity contribution in [2.45, 2.75) is 17.7 Å². The van der Waals surface area contributed by atoms with Crippen molar-refractivity contribution in [3.05, 3.63) is 65.7 Å². The number of benzene rings is 1. The Labute approximate surface area is 161 Å². The zero-order chi connectivity index (χ0) is 18.9. The second-order valence-corrected chi connectivity index (χ2v) is 9.07. The van der Waals surface area contributed by atoms with E-state index < -0.39 is 10.0 Å². The van der Waals surface area contributed by atoms with Gasteiger partial charge in [0.2, 0.25) is 10.0 Å². The molecule has 0 saturated heterocycles. The summed E-state index contributed by atoms with van der Waals surface area (Å²) < 4.78 is 29.6. The summed E-state index contributed by atoms with van der Waals surface area (Å²) in [5.74, 6) is 0.777. The lowest BCUT2D eigenvalue weighted by Crippen LogP contribution is -2.27. The molecule has 0 bridgehead atoms. The molecule has 0 radical (unpaired) electrons. The second-order valence-electron chi connectivity index (χ2n) is 6.13. The molecule has 1 aromatic carbocycles. The van der Waals surface area contributed by atoms with Gasteiger partial charge in [0, 0.05) is 24.8 Å². The predicted molar refractivity (Wildman–Crippen MR) is 107 cm³/mol. The highest BCUT2D eigenvalue weighted by atomic mass is 32.2. The van der Waals surface area contributed by atoms with E-state index in [0.717, 1.165) is 22.6 Å². The van der Waals surface area contributed by atoms with Gasteiger partial charge >= 0.3 is 0 Å². The summed E-state index contributed by atoms with van der Waals surface area (Å²) >= 11 is 1.20. The van der Waals surface area contributed by atoms with Gasteiger partial charge in [0.1, 0.15) is 15.6 Å². The first-order valence-electron chi connectivity index (χ1n) is 8.46. The molecule has 3 aromatic heterocycles. The van der Waals surface area contributed by atoms with E-state index in [2.05, 4.69) is 9.71 Å². The molecule has 0 unspecified atom stereocenters. The van der Waals surface area contributed by atoms with Crippen LogP contribution in [0.5, 0.6) is 0 Å². The van der Waals surface area contributed by atoms with E-state index in [0.29, 0.717) is 10.8 Å². The van der Waals surface area contributed by atoms with Crippen LogP contribution in [0.2, 0.25) is 0 Å². The number of nitrogens with zero attached hydrogens (tertiary/aromatic N) is 3. The Morgan fingerprint density at radius 2 is 1.93 bits per heavy atom. The molecule has 4 rings (SSSR count). The Morgan fingerprint density at radius 3 is 2.67 bits per heavy atom. The van der Waals surface area contributed by atoms with Gasteiger partial charge in [-0.1, -0.05) is 35.9 Å². The average Bonchev–Trinajstić information content (AvgIpc) is 3.31. The third-order valence-corrected chi connectivity index (χ3v) is 7.06. The number of imidazole rings is 1. The largest absolute Gasteiger partial charge is 0.307 e. The molecule has 138 valence electrons. The SMILES string of the molecule is Cc1ccc(-c2nc3cccnc3n2CCNS(=O)(=O)c2cccs2)cc1. The second kappa shape index (κ2) is 7.22. The van der Waals surface area contributed by atoms with E-state index in [1.54, 1.807) is 23.7 Å². The normalized spacial score (nSPS) is 11.9. The summed E-state index contributed by atoms with van der Waals surface area (Å²) in [4.78, 5) is 9.14. The van der Waals surface area contributed by atoms with Crippen LogP contribution in [0, 0.1) is 6.92 Å². The average molecular weight is 399 g/mol. The number of rotatable bonds is 6. The maximum absolute atomic E-state index is 12.3. The fraction of sp³-hybridized carbons (Fsp3) is 0.158. The Balaban J connectivity index is 1.64. The van der Waals surface area contributed by atoms with Crippen LogP contribution in [0.1, 0.15) is 5.56 Å². The predicted octanol–water partition coefficient (Wildman–Crippen LogP) is 3.45. The highest BCUT2D eigenvalue weighted by molar-refractivity contribution is 7.91. The third kappa shape index (κ3) is 3.64. The minimum atomic E-state index is -3.49. The maximum Gasteiger partial charge on any atom is 0.250 e. The van der Waals surface area contributed by atoms with E-state index in [1.165, 1.54) is 16.9 Å². The van der Waals surface area contributed by atoms with E-state index in [1.807, 2.05) is 47.9 Å². The lowest BCUT2D eigenvalue weighted by atomic mass is 10.1. The van der Waals surface area contributed by atoms with Crippen molar-refractivity contribution in [3.63, 3.8) is 0 Å². The van der Waals surface area contributed by atoms with Crippen molar-refractivity contribution in [2.75, 3.05) is 6.54 Å². The molecule has 8 heteroatoms. The van der Waals surface area contributed by atoms with Gasteiger partial charge < -0.3 is 4.57 Å². The molecular weight excluding hydrogens is 380 g/mol. The van der Waals surface area contributed by atoms with Gasteiger partial charge in [-0.05, 0) is 30.5 Å². The number of aromatic nitrogens is 3. The van der Waals surface area contributed by atoms with Crippen LogP contribution in [-0.4, -0.2) is 29.5 Å². The highest BCUT2D eigenvalue weighted by Gasteiger charge is 2.17. The zero-order valence-electron chi connectivity index (χ0n) is 14.7. The van der Waals surface area contributed by atoms with Gasteiger partial charge in [0.15, 0.2) is 5.65 Å². The standard InChI is InChI=1S/C19H18N4O2S2/c1-14-6-8-15(9-7-14)18-22-16-4-2-10-20-19(16)23(18)12-11-21-27(24,25)17-5-3-13-26-17/h2-10,13,21H,11-12H2,1H3. The third-order valence-electron chi connectivity index (χ3n) is 4.20. The van der Waals surface area contributed by atoms with Gasteiger partial charge in [0.05, 0.1) is 0 Å². The molecule has 0 atom stereocenters. The van der Waals surface area contributed by atoms with E-state index >= 15 is 0 Å². The first kappa shape index (κ1) is 17.8. The first-order valence-corrected chi connectivity index (χ1v) is 10.8. The van der Waals surface area contributed by atoms with Crippen LogP contribution < -0.4 is 4.72 Å². The molecule has 0 aliphatic carbocycles. The van der Waals surface area contributed by atoms with Gasteiger partial charge in [-0.25, -0.2) is 23.1 Å². The fourth-order valence-electron chi connectivity index (χ4n) is 2.87. The lowest BCUT2D eigenvalue weighted by Gasteiger charge is -2.10. The monoisotopic (exact) mass is 398 g/mol. The van der Waals surface area contributed by atoms with Crippen molar-refractivity contribution < 1.29 is 8.42 Å². The van der Waals surface area contributed by atoms with Crippen molar-refractivity contribution in [1.82, 2.24) is 19.3 Å². The molecule has 6 nitrogen and oxygen atoms in total. The minimum Gasteiger partial charge on any atom is -0.307 e. The summed E-state index contributed by atoms with van der Waals surface area (Å²) in [5, 5.41) is 1.75. The van der Waals surface area contributed by atoms with Crippen LogP contribution in [-0.2, 0) is 16.6 Å². The maximum atomic E-state index is 12.3. The molecule has 3 heterocycles. The first-order chi connectivity index (χ1) is 13.0. The summed E-state index contributed by atoms with van der Waals surface area (Å²) in [5.41, 5.74) is 3.67. The number of hydrogen-bond acceptors (Lipinski definition) is 5.